The van der Waals surface area contributed by atoms with Gasteiger partial charge < -0.3 is 15.8 Å². The maximum Gasteiger partial charge on any atom is 0.265 e. The van der Waals surface area contributed by atoms with Crippen LogP contribution in [0.2, 0.25) is 0 Å². The molecule has 128 valence electrons. The van der Waals surface area contributed by atoms with Gasteiger partial charge in [-0.05, 0) is 43.3 Å². The van der Waals surface area contributed by atoms with Gasteiger partial charge in [-0.3, -0.25) is 4.79 Å². The van der Waals surface area contributed by atoms with Crippen LogP contribution in [-0.2, 0) is 4.79 Å². The summed E-state index contributed by atoms with van der Waals surface area (Å²) in [4.78, 5) is 16.4. The molecule has 1 amide bonds. The second-order valence-electron chi connectivity index (χ2n) is 5.36. The van der Waals surface area contributed by atoms with Crippen LogP contribution in [0.15, 0.2) is 53.9 Å². The largest absolute Gasteiger partial charge is 0.481 e. The first-order valence-electron chi connectivity index (χ1n) is 7.56. The molecular weight excluding hydrogens is 341 g/mol. The van der Waals surface area contributed by atoms with Crippen molar-refractivity contribution in [2.24, 2.45) is 0 Å². The fraction of sp³-hybridized carbons (Fsp3) is 0.111. The normalized spacial score (nSPS) is 11.8. The number of nitrogens with two attached hydrogens (primary N) is 1. The van der Waals surface area contributed by atoms with Crippen LogP contribution in [0.1, 0.15) is 6.92 Å². The van der Waals surface area contributed by atoms with Crippen LogP contribution >= 0.6 is 11.3 Å². The number of aromatic nitrogens is 1. The molecule has 0 fully saturated rings. The lowest BCUT2D eigenvalue weighted by atomic mass is 10.1. The number of hydrogen-bond acceptors (Lipinski definition) is 5. The molecule has 25 heavy (non-hydrogen) atoms. The molecule has 7 heteroatoms. The second-order valence-corrected chi connectivity index (χ2v) is 6.24. The average Bonchev–Trinajstić information content (AvgIpc) is 3.03. The highest BCUT2D eigenvalue weighted by molar-refractivity contribution is 7.13. The van der Waals surface area contributed by atoms with E-state index in [0.717, 1.165) is 11.3 Å². The van der Waals surface area contributed by atoms with E-state index in [1.54, 1.807) is 19.1 Å². The molecule has 1 aromatic heterocycles. The van der Waals surface area contributed by atoms with Crippen molar-refractivity contribution < 1.29 is 13.9 Å². The Morgan fingerprint density at radius 1 is 1.28 bits per heavy atom. The molecule has 3 aromatic rings. The molecule has 0 spiro atoms. The van der Waals surface area contributed by atoms with Gasteiger partial charge in [-0.2, -0.15) is 0 Å². The topological polar surface area (TPSA) is 77.2 Å². The number of halogens is 1. The molecule has 0 aliphatic heterocycles. The Labute approximate surface area is 148 Å². The molecule has 1 atom stereocenters. The first-order valence-corrected chi connectivity index (χ1v) is 8.44. The number of benzene rings is 2. The number of nitrogen functional groups attached to an aromatic ring is 1. The summed E-state index contributed by atoms with van der Waals surface area (Å²) < 4.78 is 18.6. The van der Waals surface area contributed by atoms with Gasteiger partial charge in [-0.1, -0.05) is 12.1 Å². The Morgan fingerprint density at radius 3 is 2.72 bits per heavy atom. The summed E-state index contributed by atoms with van der Waals surface area (Å²) >= 11 is 1.36. The van der Waals surface area contributed by atoms with Gasteiger partial charge in [0.25, 0.3) is 5.91 Å². The molecule has 3 rings (SSSR count). The smallest absolute Gasteiger partial charge is 0.265 e. The molecule has 1 heterocycles. The van der Waals surface area contributed by atoms with Crippen molar-refractivity contribution in [1.82, 2.24) is 4.98 Å². The third-order valence-corrected chi connectivity index (χ3v) is 4.12. The van der Waals surface area contributed by atoms with Gasteiger partial charge in [0, 0.05) is 16.6 Å². The minimum absolute atomic E-state index is 0.324. The van der Waals surface area contributed by atoms with Crippen LogP contribution in [0, 0.1) is 5.82 Å². The van der Waals surface area contributed by atoms with Gasteiger partial charge in [0.05, 0.1) is 5.69 Å². The number of nitrogens with zero attached hydrogens (tertiary/aromatic N) is 1. The van der Waals surface area contributed by atoms with Crippen molar-refractivity contribution >= 4 is 28.1 Å². The number of amides is 1. The quantitative estimate of drug-likeness (QED) is 0.725. The first-order chi connectivity index (χ1) is 12.0. The van der Waals surface area contributed by atoms with Crippen molar-refractivity contribution in [3.05, 3.63) is 59.7 Å². The Morgan fingerprint density at radius 2 is 2.04 bits per heavy atom. The summed E-state index contributed by atoms with van der Waals surface area (Å²) in [7, 11) is 0. The van der Waals surface area contributed by atoms with E-state index < -0.39 is 6.10 Å². The van der Waals surface area contributed by atoms with Gasteiger partial charge in [-0.15, -0.1) is 11.3 Å². The summed E-state index contributed by atoms with van der Waals surface area (Å²) in [6.07, 6.45) is -0.721. The van der Waals surface area contributed by atoms with Gasteiger partial charge in [0.1, 0.15) is 11.6 Å². The van der Waals surface area contributed by atoms with E-state index in [2.05, 4.69) is 10.3 Å². The van der Waals surface area contributed by atoms with Crippen LogP contribution in [0.25, 0.3) is 11.3 Å². The van der Waals surface area contributed by atoms with Crippen LogP contribution in [0.3, 0.4) is 0 Å². The lowest BCUT2D eigenvalue weighted by molar-refractivity contribution is -0.122. The van der Waals surface area contributed by atoms with E-state index in [4.69, 9.17) is 10.5 Å². The predicted octanol–water partition coefficient (Wildman–Crippen LogP) is 3.94. The van der Waals surface area contributed by atoms with Gasteiger partial charge >= 0.3 is 0 Å². The van der Waals surface area contributed by atoms with Gasteiger partial charge in [0.15, 0.2) is 11.2 Å². The summed E-state index contributed by atoms with van der Waals surface area (Å²) in [6, 6.07) is 12.8. The lowest BCUT2D eigenvalue weighted by Crippen LogP contribution is -2.30. The van der Waals surface area contributed by atoms with Crippen LogP contribution in [0.4, 0.5) is 15.2 Å². The van der Waals surface area contributed by atoms with Gasteiger partial charge in [0.2, 0.25) is 0 Å². The highest BCUT2D eigenvalue weighted by Gasteiger charge is 2.15. The van der Waals surface area contributed by atoms with E-state index in [9.17, 15) is 9.18 Å². The third-order valence-electron chi connectivity index (χ3n) is 3.45. The highest BCUT2D eigenvalue weighted by Crippen LogP contribution is 2.26. The van der Waals surface area contributed by atoms with E-state index in [-0.39, 0.29) is 11.7 Å². The van der Waals surface area contributed by atoms with Crippen molar-refractivity contribution in [2.75, 3.05) is 11.1 Å². The summed E-state index contributed by atoms with van der Waals surface area (Å²) in [5.41, 5.74) is 7.78. The molecule has 0 aliphatic rings. The van der Waals surface area contributed by atoms with Crippen LogP contribution in [0.5, 0.6) is 5.75 Å². The number of carbonyl (C=O) groups excluding carboxylic acids is 1. The molecule has 2 aromatic carbocycles. The number of nitrogens with one attached hydrogen (secondary N) is 1. The van der Waals surface area contributed by atoms with Crippen LogP contribution in [-0.4, -0.2) is 17.0 Å². The Kier molecular flexibility index (Phi) is 4.95. The maximum absolute atomic E-state index is 12.9. The molecule has 0 saturated carbocycles. The summed E-state index contributed by atoms with van der Waals surface area (Å²) in [5.74, 6) is -0.137. The molecule has 0 radical (unpaired) electrons. The fourth-order valence-corrected chi connectivity index (χ4v) is 2.76. The molecule has 0 aliphatic carbocycles. The van der Waals surface area contributed by atoms with E-state index in [0.29, 0.717) is 16.6 Å². The zero-order chi connectivity index (χ0) is 17.8. The van der Waals surface area contributed by atoms with Crippen molar-refractivity contribution in [2.45, 2.75) is 13.0 Å². The minimum atomic E-state index is -0.721. The zero-order valence-corrected chi connectivity index (χ0v) is 14.2. The summed E-state index contributed by atoms with van der Waals surface area (Å²) in [5, 5.41) is 5.04. The minimum Gasteiger partial charge on any atom is -0.481 e. The average molecular weight is 357 g/mol. The number of carbonyl (C=O) groups is 1. The SMILES string of the molecule is CC(Oc1cccc(-c2csc(N)n2)c1)C(=O)Nc1ccc(F)cc1. The Bertz CT molecular complexity index is 880. The number of hydrogen-bond donors (Lipinski definition) is 2. The Hall–Kier alpha value is -2.93. The van der Waals surface area contributed by atoms with Gasteiger partial charge in [-0.25, -0.2) is 9.37 Å². The third kappa shape index (κ3) is 4.33. The predicted molar refractivity (Wildman–Crippen MR) is 97.1 cm³/mol. The standard InChI is InChI=1S/C18H16FN3O2S/c1-11(17(23)21-14-7-5-13(19)6-8-14)24-15-4-2-3-12(9-15)16-10-25-18(20)22-16/h2-11H,1H3,(H2,20,22)(H,21,23). The molecule has 1 unspecified atom stereocenters. The van der Waals surface area contributed by atoms with Crippen molar-refractivity contribution in [3.8, 4) is 17.0 Å². The first kappa shape index (κ1) is 16.9. The monoisotopic (exact) mass is 357 g/mol. The second kappa shape index (κ2) is 7.31. The maximum atomic E-state index is 12.9. The summed E-state index contributed by atoms with van der Waals surface area (Å²) in [6.45, 7) is 1.65. The van der Waals surface area contributed by atoms with Crippen molar-refractivity contribution in [1.29, 1.82) is 0 Å². The number of ether oxygens (including phenoxy) is 1. The van der Waals surface area contributed by atoms with Crippen LogP contribution < -0.4 is 15.8 Å². The van der Waals surface area contributed by atoms with Crippen molar-refractivity contribution in [3.63, 3.8) is 0 Å². The molecular formula is C18H16FN3O2S. The zero-order valence-electron chi connectivity index (χ0n) is 13.4. The fourth-order valence-electron chi connectivity index (χ4n) is 2.18. The van der Waals surface area contributed by atoms with E-state index in [1.165, 1.54) is 35.6 Å². The molecule has 0 bridgehead atoms. The highest BCUT2D eigenvalue weighted by atomic mass is 32.1. The number of anilines is 2. The van der Waals surface area contributed by atoms with E-state index >= 15 is 0 Å². The Balaban J connectivity index is 1.67. The molecule has 5 nitrogen and oxygen atoms in total. The lowest BCUT2D eigenvalue weighted by Gasteiger charge is -2.15. The molecule has 0 saturated heterocycles. The number of thiazole rings is 1. The molecule has 3 N–H and O–H groups in total. The van der Waals surface area contributed by atoms with E-state index in [1.807, 2.05) is 17.5 Å². The number of rotatable bonds is 5.